The van der Waals surface area contributed by atoms with E-state index in [4.69, 9.17) is 17.0 Å². The topological polar surface area (TPSA) is 63.2 Å². The smallest absolute Gasteiger partial charge is 0.328 e. The number of nitrogens with zero attached hydrogens (tertiary/aromatic N) is 1. The number of halogens is 1. The number of anilines is 1. The summed E-state index contributed by atoms with van der Waals surface area (Å²) in [5, 5.41) is 6.17. The number of pyridine rings is 1. The van der Waals surface area contributed by atoms with Crippen molar-refractivity contribution in [3.8, 4) is 0 Å². The molecule has 0 aliphatic carbocycles. The van der Waals surface area contributed by atoms with Crippen molar-refractivity contribution < 1.29 is 9.53 Å². The van der Waals surface area contributed by atoms with Crippen molar-refractivity contribution in [2.24, 2.45) is 5.92 Å². The summed E-state index contributed by atoms with van der Waals surface area (Å²) < 4.78 is 5.61. The molecular weight excluding hydrogens is 330 g/mol. The Labute approximate surface area is 126 Å². The highest BCUT2D eigenvalue weighted by Crippen LogP contribution is 2.10. The van der Waals surface area contributed by atoms with Gasteiger partial charge in [0.05, 0.1) is 7.11 Å². The van der Waals surface area contributed by atoms with Gasteiger partial charge in [0.1, 0.15) is 11.9 Å². The average Bonchev–Trinajstić information content (AvgIpc) is 2.37. The third-order valence-electron chi connectivity index (χ3n) is 2.38. The van der Waals surface area contributed by atoms with Crippen LogP contribution in [0.2, 0.25) is 0 Å². The molecular formula is C12H16BrN3O2S. The number of aromatic nitrogens is 1. The van der Waals surface area contributed by atoms with Crippen LogP contribution in [0.4, 0.5) is 5.82 Å². The lowest BCUT2D eigenvalue weighted by Gasteiger charge is -2.21. The van der Waals surface area contributed by atoms with Crippen LogP contribution in [0.3, 0.4) is 0 Å². The Morgan fingerprint density at radius 2 is 2.16 bits per heavy atom. The summed E-state index contributed by atoms with van der Waals surface area (Å²) in [5.41, 5.74) is 0. The zero-order chi connectivity index (χ0) is 14.4. The third-order valence-corrected chi connectivity index (χ3v) is 3.07. The Balaban J connectivity index is 2.62. The van der Waals surface area contributed by atoms with Gasteiger partial charge in [0, 0.05) is 10.7 Å². The first-order valence-electron chi connectivity index (χ1n) is 5.71. The molecule has 1 aromatic rings. The van der Waals surface area contributed by atoms with Crippen LogP contribution < -0.4 is 10.6 Å². The van der Waals surface area contributed by atoms with Crippen molar-refractivity contribution in [3.63, 3.8) is 0 Å². The number of rotatable bonds is 4. The van der Waals surface area contributed by atoms with Crippen molar-refractivity contribution in [2.75, 3.05) is 12.4 Å². The van der Waals surface area contributed by atoms with Crippen LogP contribution in [0.5, 0.6) is 0 Å². The number of hydrogen-bond donors (Lipinski definition) is 2. The van der Waals surface area contributed by atoms with E-state index in [2.05, 4.69) is 31.5 Å². The maximum atomic E-state index is 11.6. The second kappa shape index (κ2) is 7.40. The van der Waals surface area contributed by atoms with E-state index in [0.717, 1.165) is 4.47 Å². The Morgan fingerprint density at radius 3 is 2.63 bits per heavy atom. The van der Waals surface area contributed by atoms with Crippen LogP contribution in [0.25, 0.3) is 0 Å². The van der Waals surface area contributed by atoms with Crippen molar-refractivity contribution in [1.82, 2.24) is 10.3 Å². The van der Waals surface area contributed by atoms with Gasteiger partial charge in [-0.1, -0.05) is 13.8 Å². The molecule has 0 bridgehead atoms. The van der Waals surface area contributed by atoms with Gasteiger partial charge in [0.15, 0.2) is 5.11 Å². The van der Waals surface area contributed by atoms with E-state index in [1.807, 2.05) is 19.9 Å². The predicted molar refractivity (Wildman–Crippen MR) is 81.9 cm³/mol. The molecule has 0 spiro atoms. The van der Waals surface area contributed by atoms with Crippen molar-refractivity contribution >= 4 is 45.0 Å². The normalized spacial score (nSPS) is 11.8. The van der Waals surface area contributed by atoms with Gasteiger partial charge in [-0.2, -0.15) is 0 Å². The van der Waals surface area contributed by atoms with Gasteiger partial charge in [-0.15, -0.1) is 0 Å². The SMILES string of the molecule is COC(=O)[C@@H](NC(=S)Nc1ccc(Br)cn1)C(C)C. The monoisotopic (exact) mass is 345 g/mol. The second-order valence-electron chi connectivity index (χ2n) is 4.20. The summed E-state index contributed by atoms with van der Waals surface area (Å²) in [6.07, 6.45) is 1.66. The summed E-state index contributed by atoms with van der Waals surface area (Å²) in [4.78, 5) is 15.7. The van der Waals surface area contributed by atoms with Crippen LogP contribution in [-0.2, 0) is 9.53 Å². The fourth-order valence-corrected chi connectivity index (χ4v) is 1.83. The predicted octanol–water partition coefficient (Wildman–Crippen LogP) is 2.33. The Kier molecular flexibility index (Phi) is 6.17. The minimum atomic E-state index is -0.486. The molecule has 19 heavy (non-hydrogen) atoms. The number of ether oxygens (including phenoxy) is 1. The molecule has 1 rings (SSSR count). The average molecular weight is 346 g/mol. The minimum Gasteiger partial charge on any atom is -0.467 e. The molecule has 0 fully saturated rings. The fourth-order valence-electron chi connectivity index (χ4n) is 1.37. The Hall–Kier alpha value is -1.21. The second-order valence-corrected chi connectivity index (χ2v) is 5.53. The van der Waals surface area contributed by atoms with E-state index in [-0.39, 0.29) is 11.9 Å². The van der Waals surface area contributed by atoms with Gasteiger partial charge in [-0.05, 0) is 46.2 Å². The fraction of sp³-hybridized carbons (Fsp3) is 0.417. The summed E-state index contributed by atoms with van der Waals surface area (Å²) in [6, 6.07) is 3.14. The van der Waals surface area contributed by atoms with Gasteiger partial charge in [-0.25, -0.2) is 9.78 Å². The molecule has 1 atom stereocenters. The minimum absolute atomic E-state index is 0.0603. The largest absolute Gasteiger partial charge is 0.467 e. The summed E-state index contributed by atoms with van der Waals surface area (Å²) >= 11 is 8.45. The molecule has 2 N–H and O–H groups in total. The first kappa shape index (κ1) is 15.8. The van der Waals surface area contributed by atoms with Crippen LogP contribution >= 0.6 is 28.1 Å². The highest BCUT2D eigenvalue weighted by Gasteiger charge is 2.23. The molecule has 7 heteroatoms. The number of hydrogen-bond acceptors (Lipinski definition) is 4. The summed E-state index contributed by atoms with van der Waals surface area (Å²) in [7, 11) is 1.35. The molecule has 0 unspecified atom stereocenters. The molecule has 0 aliphatic rings. The number of thiocarbonyl (C=S) groups is 1. The van der Waals surface area contributed by atoms with Gasteiger partial charge in [0.2, 0.25) is 0 Å². The third kappa shape index (κ3) is 5.12. The maximum Gasteiger partial charge on any atom is 0.328 e. The quantitative estimate of drug-likeness (QED) is 0.645. The highest BCUT2D eigenvalue weighted by atomic mass is 79.9. The van der Waals surface area contributed by atoms with E-state index in [1.54, 1.807) is 12.3 Å². The lowest BCUT2D eigenvalue weighted by Crippen LogP contribution is -2.46. The molecule has 0 aliphatic heterocycles. The first-order chi connectivity index (χ1) is 8.93. The van der Waals surface area contributed by atoms with E-state index in [1.165, 1.54) is 7.11 Å². The van der Waals surface area contributed by atoms with E-state index < -0.39 is 6.04 Å². The van der Waals surface area contributed by atoms with Crippen molar-refractivity contribution in [3.05, 3.63) is 22.8 Å². The molecule has 0 saturated heterocycles. The Bertz CT molecular complexity index is 451. The molecule has 104 valence electrons. The molecule has 0 radical (unpaired) electrons. The number of carbonyl (C=O) groups is 1. The maximum absolute atomic E-state index is 11.6. The molecule has 5 nitrogen and oxygen atoms in total. The molecule has 0 amide bonds. The van der Waals surface area contributed by atoms with Crippen LogP contribution in [0.1, 0.15) is 13.8 Å². The summed E-state index contributed by atoms with van der Waals surface area (Å²) in [6.45, 7) is 3.82. The van der Waals surface area contributed by atoms with Crippen LogP contribution in [0.15, 0.2) is 22.8 Å². The first-order valence-corrected chi connectivity index (χ1v) is 6.91. The zero-order valence-electron chi connectivity index (χ0n) is 10.9. The lowest BCUT2D eigenvalue weighted by molar-refractivity contribution is -0.143. The standard InChI is InChI=1S/C12H16BrN3O2S/c1-7(2)10(11(17)18-3)16-12(19)15-9-5-4-8(13)6-14-9/h4-7,10H,1-3H3,(H2,14,15,16,19)/t10-/m0/s1. The van der Waals surface area contributed by atoms with Gasteiger partial charge in [-0.3, -0.25) is 0 Å². The van der Waals surface area contributed by atoms with E-state index in [9.17, 15) is 4.79 Å². The van der Waals surface area contributed by atoms with Crippen molar-refractivity contribution in [2.45, 2.75) is 19.9 Å². The van der Waals surface area contributed by atoms with Gasteiger partial charge in [0.25, 0.3) is 0 Å². The van der Waals surface area contributed by atoms with Gasteiger partial charge >= 0.3 is 5.97 Å². The van der Waals surface area contributed by atoms with Crippen LogP contribution in [-0.4, -0.2) is 29.2 Å². The lowest BCUT2D eigenvalue weighted by atomic mass is 10.1. The van der Waals surface area contributed by atoms with E-state index >= 15 is 0 Å². The van der Waals surface area contributed by atoms with Gasteiger partial charge < -0.3 is 15.4 Å². The molecule has 0 saturated carbocycles. The number of nitrogens with one attached hydrogen (secondary N) is 2. The zero-order valence-corrected chi connectivity index (χ0v) is 13.3. The van der Waals surface area contributed by atoms with Crippen LogP contribution in [0, 0.1) is 5.92 Å². The number of esters is 1. The molecule has 1 heterocycles. The summed E-state index contributed by atoms with van der Waals surface area (Å²) in [5.74, 6) is 0.320. The molecule has 1 aromatic heterocycles. The number of carbonyl (C=O) groups excluding carboxylic acids is 1. The molecule has 0 aromatic carbocycles. The van der Waals surface area contributed by atoms with Crippen molar-refractivity contribution in [1.29, 1.82) is 0 Å². The highest BCUT2D eigenvalue weighted by molar-refractivity contribution is 9.10. The number of methoxy groups -OCH3 is 1. The van der Waals surface area contributed by atoms with E-state index in [0.29, 0.717) is 10.9 Å². The Morgan fingerprint density at radius 1 is 1.47 bits per heavy atom.